The molecule has 148 valence electrons. The number of aryl methyl sites for hydroxylation is 1. The van der Waals surface area contributed by atoms with Crippen molar-refractivity contribution in [2.24, 2.45) is 5.14 Å². The summed E-state index contributed by atoms with van der Waals surface area (Å²) < 4.78 is 23.0. The number of primary sulfonamides is 1. The van der Waals surface area contributed by atoms with Crippen LogP contribution in [0, 0.1) is 6.92 Å². The SMILES string of the molecule is Cc1nc(N(C)C(=O)Cc2ccc(-c3ccccn3)cc2)sc1S(N)(=O)=O.Cl. The van der Waals surface area contributed by atoms with Crippen LogP contribution in [0.5, 0.6) is 0 Å². The van der Waals surface area contributed by atoms with Gasteiger partial charge in [-0.05, 0) is 24.6 Å². The number of halogens is 1. The van der Waals surface area contributed by atoms with Crippen molar-refractivity contribution in [2.75, 3.05) is 11.9 Å². The summed E-state index contributed by atoms with van der Waals surface area (Å²) in [5.41, 5.74) is 2.96. The number of likely N-dealkylation sites (N-methyl/N-ethyl adjacent to an activating group) is 1. The van der Waals surface area contributed by atoms with Crippen molar-refractivity contribution in [3.8, 4) is 11.3 Å². The third-order valence-electron chi connectivity index (χ3n) is 3.93. The average molecular weight is 439 g/mol. The minimum atomic E-state index is -3.85. The van der Waals surface area contributed by atoms with E-state index in [9.17, 15) is 13.2 Å². The molecule has 2 N–H and O–H groups in total. The molecule has 0 radical (unpaired) electrons. The molecule has 0 bridgehead atoms. The lowest BCUT2D eigenvalue weighted by molar-refractivity contribution is -0.117. The van der Waals surface area contributed by atoms with Gasteiger partial charge in [0.2, 0.25) is 15.9 Å². The van der Waals surface area contributed by atoms with E-state index in [1.54, 1.807) is 20.2 Å². The van der Waals surface area contributed by atoms with Gasteiger partial charge in [0.25, 0.3) is 0 Å². The number of pyridine rings is 1. The second kappa shape index (κ2) is 8.78. The van der Waals surface area contributed by atoms with Crippen LogP contribution in [0.15, 0.2) is 52.9 Å². The number of nitrogens with two attached hydrogens (primary N) is 1. The van der Waals surface area contributed by atoms with Gasteiger partial charge in [0.1, 0.15) is 0 Å². The fraction of sp³-hybridized carbons (Fsp3) is 0.167. The zero-order valence-electron chi connectivity index (χ0n) is 15.2. The second-order valence-electron chi connectivity index (χ2n) is 5.96. The number of anilines is 1. The van der Waals surface area contributed by atoms with Gasteiger partial charge in [0, 0.05) is 18.8 Å². The van der Waals surface area contributed by atoms with Crippen molar-refractivity contribution in [2.45, 2.75) is 17.6 Å². The third-order valence-corrected chi connectivity index (χ3v) is 6.72. The van der Waals surface area contributed by atoms with Crippen LogP contribution >= 0.6 is 23.7 Å². The highest BCUT2D eigenvalue weighted by molar-refractivity contribution is 7.91. The maximum Gasteiger partial charge on any atom is 0.249 e. The monoisotopic (exact) mass is 438 g/mol. The van der Waals surface area contributed by atoms with Gasteiger partial charge in [-0.25, -0.2) is 18.5 Å². The highest BCUT2D eigenvalue weighted by Gasteiger charge is 2.22. The van der Waals surface area contributed by atoms with Crippen molar-refractivity contribution in [1.29, 1.82) is 0 Å². The van der Waals surface area contributed by atoms with Crippen LogP contribution < -0.4 is 10.0 Å². The molecule has 0 saturated carbocycles. The van der Waals surface area contributed by atoms with Crippen molar-refractivity contribution in [3.63, 3.8) is 0 Å². The maximum absolute atomic E-state index is 12.5. The lowest BCUT2D eigenvalue weighted by Gasteiger charge is -2.13. The lowest BCUT2D eigenvalue weighted by atomic mass is 10.1. The first-order valence-corrected chi connectivity index (χ1v) is 10.4. The Morgan fingerprint density at radius 1 is 1.18 bits per heavy atom. The molecule has 0 aliphatic rings. The number of hydrogen-bond acceptors (Lipinski definition) is 6. The molecule has 3 rings (SSSR count). The number of carbonyl (C=O) groups is 1. The number of carbonyl (C=O) groups excluding carboxylic acids is 1. The fourth-order valence-electron chi connectivity index (χ4n) is 2.50. The van der Waals surface area contributed by atoms with Crippen LogP contribution in [0.2, 0.25) is 0 Å². The van der Waals surface area contributed by atoms with Crippen LogP contribution in [0.25, 0.3) is 11.3 Å². The van der Waals surface area contributed by atoms with E-state index in [0.717, 1.165) is 28.2 Å². The molecule has 0 spiro atoms. The number of sulfonamides is 1. The van der Waals surface area contributed by atoms with Crippen LogP contribution in [0.1, 0.15) is 11.3 Å². The summed E-state index contributed by atoms with van der Waals surface area (Å²) in [6, 6.07) is 13.3. The first-order valence-electron chi connectivity index (χ1n) is 8.03. The van der Waals surface area contributed by atoms with Gasteiger partial charge in [0.05, 0.1) is 17.8 Å². The van der Waals surface area contributed by atoms with Gasteiger partial charge in [-0.2, -0.15) is 0 Å². The molecule has 1 aromatic carbocycles. The van der Waals surface area contributed by atoms with E-state index in [-0.39, 0.29) is 34.6 Å². The molecule has 0 atom stereocenters. The predicted molar refractivity (Wildman–Crippen MR) is 112 cm³/mol. The Hall–Kier alpha value is -2.33. The Bertz CT molecular complexity index is 1070. The van der Waals surface area contributed by atoms with E-state index in [2.05, 4.69) is 9.97 Å². The molecule has 0 saturated heterocycles. The summed E-state index contributed by atoms with van der Waals surface area (Å²) >= 11 is 0.886. The predicted octanol–water partition coefficient (Wildman–Crippen LogP) is 2.79. The van der Waals surface area contributed by atoms with Gasteiger partial charge in [-0.1, -0.05) is 41.7 Å². The number of aromatic nitrogens is 2. The summed E-state index contributed by atoms with van der Waals surface area (Å²) in [4.78, 5) is 22.3. The van der Waals surface area contributed by atoms with E-state index in [1.807, 2.05) is 42.5 Å². The summed E-state index contributed by atoms with van der Waals surface area (Å²) in [5, 5.41) is 5.46. The number of nitrogens with zero attached hydrogens (tertiary/aromatic N) is 3. The Labute approximate surface area is 173 Å². The molecule has 28 heavy (non-hydrogen) atoms. The van der Waals surface area contributed by atoms with Crippen molar-refractivity contribution < 1.29 is 13.2 Å². The van der Waals surface area contributed by atoms with Crippen LogP contribution in [-0.4, -0.2) is 31.3 Å². The first-order chi connectivity index (χ1) is 12.8. The molecule has 0 fully saturated rings. The zero-order valence-corrected chi connectivity index (χ0v) is 17.6. The highest BCUT2D eigenvalue weighted by Crippen LogP contribution is 2.28. The van der Waals surface area contributed by atoms with E-state index in [0.29, 0.717) is 5.13 Å². The van der Waals surface area contributed by atoms with E-state index in [1.165, 1.54) is 4.90 Å². The Balaban J connectivity index is 0.00000280. The van der Waals surface area contributed by atoms with Crippen molar-refractivity contribution in [1.82, 2.24) is 9.97 Å². The van der Waals surface area contributed by atoms with E-state index < -0.39 is 10.0 Å². The molecule has 0 aliphatic heterocycles. The minimum absolute atomic E-state index is 0. The highest BCUT2D eigenvalue weighted by atomic mass is 35.5. The topological polar surface area (TPSA) is 106 Å². The minimum Gasteiger partial charge on any atom is -0.291 e. The molecular formula is C18H19ClN4O3S2. The summed E-state index contributed by atoms with van der Waals surface area (Å²) in [6.45, 7) is 1.55. The fourth-order valence-corrected chi connectivity index (χ4v) is 4.43. The molecule has 7 nitrogen and oxygen atoms in total. The number of hydrogen-bond donors (Lipinski definition) is 1. The van der Waals surface area contributed by atoms with Gasteiger partial charge in [-0.3, -0.25) is 14.7 Å². The first kappa shape index (κ1) is 22.0. The lowest BCUT2D eigenvalue weighted by Crippen LogP contribution is -2.27. The van der Waals surface area contributed by atoms with Gasteiger partial charge in [-0.15, -0.1) is 12.4 Å². The van der Waals surface area contributed by atoms with Crippen LogP contribution in [0.4, 0.5) is 5.13 Å². The Morgan fingerprint density at radius 3 is 2.39 bits per heavy atom. The van der Waals surface area contributed by atoms with Crippen molar-refractivity contribution >= 4 is 44.8 Å². The number of amides is 1. The Morgan fingerprint density at radius 2 is 1.86 bits per heavy atom. The molecule has 10 heteroatoms. The summed E-state index contributed by atoms with van der Waals surface area (Å²) in [5.74, 6) is -0.199. The Kier molecular flexibility index (Phi) is 6.89. The quantitative estimate of drug-likeness (QED) is 0.659. The van der Waals surface area contributed by atoms with Gasteiger partial charge in [0.15, 0.2) is 9.34 Å². The third kappa shape index (κ3) is 4.93. The second-order valence-corrected chi connectivity index (χ2v) is 8.69. The zero-order chi connectivity index (χ0) is 19.6. The molecule has 2 aromatic heterocycles. The molecule has 0 aliphatic carbocycles. The smallest absolute Gasteiger partial charge is 0.249 e. The van der Waals surface area contributed by atoms with Gasteiger partial charge >= 0.3 is 0 Å². The normalized spacial score (nSPS) is 11.0. The molecule has 1 amide bonds. The molecular weight excluding hydrogens is 420 g/mol. The summed E-state index contributed by atoms with van der Waals surface area (Å²) in [7, 11) is -2.28. The molecule has 3 aromatic rings. The maximum atomic E-state index is 12.5. The summed E-state index contributed by atoms with van der Waals surface area (Å²) in [6.07, 6.45) is 1.90. The molecule has 2 heterocycles. The van der Waals surface area contributed by atoms with E-state index in [4.69, 9.17) is 5.14 Å². The number of thiazole rings is 1. The number of benzene rings is 1. The van der Waals surface area contributed by atoms with Crippen LogP contribution in [0.3, 0.4) is 0 Å². The van der Waals surface area contributed by atoms with Crippen LogP contribution in [-0.2, 0) is 21.2 Å². The van der Waals surface area contributed by atoms with E-state index >= 15 is 0 Å². The average Bonchev–Trinajstić information content (AvgIpc) is 3.04. The van der Waals surface area contributed by atoms with Gasteiger partial charge < -0.3 is 0 Å². The standard InChI is InChI=1S/C18H18N4O3S2.ClH/c1-12-17(27(19,24)25)26-18(21-12)22(2)16(23)11-13-6-8-14(9-7-13)15-5-3-4-10-20-15;/h3-10H,11H2,1-2H3,(H2,19,24,25);1H. The largest absolute Gasteiger partial charge is 0.291 e. The molecule has 0 unspecified atom stereocenters. The van der Waals surface area contributed by atoms with Crippen molar-refractivity contribution in [3.05, 3.63) is 59.9 Å². The number of rotatable bonds is 5.